The van der Waals surface area contributed by atoms with E-state index in [1.165, 1.54) is 11.7 Å². The second-order valence-electron chi connectivity index (χ2n) is 8.26. The minimum Gasteiger partial charge on any atom is -0.497 e. The molecule has 8 nitrogen and oxygen atoms in total. The number of benzene rings is 2. The highest BCUT2D eigenvalue weighted by Gasteiger charge is 2.30. The van der Waals surface area contributed by atoms with Crippen molar-refractivity contribution in [2.75, 3.05) is 14.2 Å². The van der Waals surface area contributed by atoms with E-state index in [0.29, 0.717) is 22.7 Å². The number of carbonyl (C=O) groups is 1. The van der Waals surface area contributed by atoms with Gasteiger partial charge in [0.2, 0.25) is 0 Å². The number of esters is 1. The SMILES string of the molecule is COC(=O)c1cc(C2CC2)nc2c1c(=O)n(Cc1cccc(OC)c1)c(=O)n2-c1ccccc1. The maximum Gasteiger partial charge on any atom is 0.338 e. The molecule has 34 heavy (non-hydrogen) atoms. The van der Waals surface area contributed by atoms with E-state index in [-0.39, 0.29) is 29.1 Å². The maximum atomic E-state index is 13.7. The Bertz CT molecular complexity index is 1520. The van der Waals surface area contributed by atoms with Crippen LogP contribution >= 0.6 is 0 Å². The van der Waals surface area contributed by atoms with Gasteiger partial charge in [-0.15, -0.1) is 0 Å². The van der Waals surface area contributed by atoms with E-state index in [1.54, 1.807) is 61.7 Å². The average molecular weight is 457 g/mol. The number of methoxy groups -OCH3 is 2. The summed E-state index contributed by atoms with van der Waals surface area (Å²) in [6, 6.07) is 17.8. The van der Waals surface area contributed by atoms with E-state index >= 15 is 0 Å². The first-order valence-electron chi connectivity index (χ1n) is 11.0. The van der Waals surface area contributed by atoms with Gasteiger partial charge in [0.05, 0.1) is 37.4 Å². The molecule has 0 atom stereocenters. The van der Waals surface area contributed by atoms with Crippen LogP contribution in [0.1, 0.15) is 40.4 Å². The molecule has 1 fully saturated rings. The smallest absolute Gasteiger partial charge is 0.338 e. The van der Waals surface area contributed by atoms with Crippen molar-refractivity contribution in [1.29, 1.82) is 0 Å². The van der Waals surface area contributed by atoms with Crippen LogP contribution in [0.2, 0.25) is 0 Å². The van der Waals surface area contributed by atoms with Crippen LogP contribution in [0.3, 0.4) is 0 Å². The molecule has 0 aliphatic heterocycles. The first kappa shape index (κ1) is 21.6. The minimum atomic E-state index is -0.641. The van der Waals surface area contributed by atoms with Gasteiger partial charge in [-0.25, -0.2) is 19.1 Å². The Balaban J connectivity index is 1.86. The molecule has 0 amide bonds. The Morgan fingerprint density at radius 2 is 1.79 bits per heavy atom. The van der Waals surface area contributed by atoms with Gasteiger partial charge in [0.25, 0.3) is 5.56 Å². The van der Waals surface area contributed by atoms with Crippen LogP contribution in [-0.4, -0.2) is 34.3 Å². The number of aromatic nitrogens is 3. The highest BCUT2D eigenvalue weighted by Crippen LogP contribution is 2.40. The summed E-state index contributed by atoms with van der Waals surface area (Å²) in [7, 11) is 2.82. The number of fused-ring (bicyclic) bond motifs is 1. The average Bonchev–Trinajstić information content (AvgIpc) is 3.72. The third-order valence-corrected chi connectivity index (χ3v) is 6.00. The Morgan fingerprint density at radius 1 is 1.03 bits per heavy atom. The topological polar surface area (TPSA) is 92.4 Å². The summed E-state index contributed by atoms with van der Waals surface area (Å²) >= 11 is 0. The molecular formula is C26H23N3O5. The third kappa shape index (κ3) is 3.77. The van der Waals surface area contributed by atoms with E-state index < -0.39 is 17.2 Å². The van der Waals surface area contributed by atoms with Crippen LogP contribution in [0.5, 0.6) is 5.75 Å². The van der Waals surface area contributed by atoms with Crippen LogP contribution in [-0.2, 0) is 11.3 Å². The number of nitrogens with zero attached hydrogens (tertiary/aromatic N) is 3. The van der Waals surface area contributed by atoms with Gasteiger partial charge >= 0.3 is 11.7 Å². The number of hydrogen-bond donors (Lipinski definition) is 0. The number of para-hydroxylation sites is 1. The summed E-state index contributed by atoms with van der Waals surface area (Å²) in [5.41, 5.74) is 1.08. The van der Waals surface area contributed by atoms with Crippen molar-refractivity contribution in [2.24, 2.45) is 0 Å². The molecule has 172 valence electrons. The number of ether oxygens (including phenoxy) is 2. The van der Waals surface area contributed by atoms with Gasteiger partial charge in [-0.1, -0.05) is 30.3 Å². The number of rotatable bonds is 6. The maximum absolute atomic E-state index is 13.7. The summed E-state index contributed by atoms with van der Waals surface area (Å²) in [5, 5.41) is 0.0580. The van der Waals surface area contributed by atoms with Crippen LogP contribution in [0, 0.1) is 0 Å². The van der Waals surface area contributed by atoms with E-state index in [1.807, 2.05) is 6.07 Å². The van der Waals surface area contributed by atoms with Crippen molar-refractivity contribution in [3.63, 3.8) is 0 Å². The molecule has 8 heteroatoms. The lowest BCUT2D eigenvalue weighted by molar-refractivity contribution is 0.0602. The standard InChI is InChI=1S/C26H23N3O5/c1-33-19-10-6-7-16(13-19)15-28-24(30)22-20(25(31)34-2)14-21(17-11-12-17)27-23(22)29(26(28)32)18-8-4-3-5-9-18/h3-10,13-14,17H,11-12,15H2,1-2H3. The van der Waals surface area contributed by atoms with Crippen LogP contribution < -0.4 is 16.0 Å². The quantitative estimate of drug-likeness (QED) is 0.413. The molecular weight excluding hydrogens is 434 g/mol. The zero-order valence-electron chi connectivity index (χ0n) is 18.9. The lowest BCUT2D eigenvalue weighted by Crippen LogP contribution is -2.40. The molecule has 2 heterocycles. The molecule has 0 N–H and O–H groups in total. The lowest BCUT2D eigenvalue weighted by atomic mass is 10.1. The van der Waals surface area contributed by atoms with Gasteiger partial charge in [0.15, 0.2) is 5.65 Å². The normalized spacial score (nSPS) is 13.1. The van der Waals surface area contributed by atoms with Gasteiger partial charge in [-0.3, -0.25) is 9.36 Å². The molecule has 4 aromatic rings. The number of pyridine rings is 1. The predicted octanol–water partition coefficient (Wildman–Crippen LogP) is 3.27. The second kappa shape index (κ2) is 8.62. The van der Waals surface area contributed by atoms with Crippen LogP contribution in [0.15, 0.2) is 70.3 Å². The zero-order chi connectivity index (χ0) is 23.8. The third-order valence-electron chi connectivity index (χ3n) is 6.00. The summed E-state index contributed by atoms with van der Waals surface area (Å²) in [4.78, 5) is 44.9. The molecule has 0 unspecified atom stereocenters. The Kier molecular flexibility index (Phi) is 5.49. The lowest BCUT2D eigenvalue weighted by Gasteiger charge is -2.16. The highest BCUT2D eigenvalue weighted by molar-refractivity contribution is 6.02. The molecule has 0 radical (unpaired) electrons. The largest absolute Gasteiger partial charge is 0.497 e. The van der Waals surface area contributed by atoms with E-state index in [4.69, 9.17) is 14.5 Å². The molecule has 0 bridgehead atoms. The molecule has 1 saturated carbocycles. The molecule has 2 aromatic carbocycles. The molecule has 1 aliphatic carbocycles. The summed E-state index contributed by atoms with van der Waals surface area (Å²) in [6.07, 6.45) is 1.89. The summed E-state index contributed by atoms with van der Waals surface area (Å²) in [6.45, 7) is 0.00261. The Morgan fingerprint density at radius 3 is 2.47 bits per heavy atom. The Labute approximate surface area is 195 Å². The Hall–Kier alpha value is -4.20. The molecule has 1 aliphatic rings. The van der Waals surface area contributed by atoms with Gasteiger partial charge in [-0.2, -0.15) is 0 Å². The van der Waals surface area contributed by atoms with Gasteiger partial charge < -0.3 is 9.47 Å². The monoisotopic (exact) mass is 457 g/mol. The fourth-order valence-electron chi connectivity index (χ4n) is 4.12. The molecule has 0 saturated heterocycles. The highest BCUT2D eigenvalue weighted by atomic mass is 16.5. The number of carbonyl (C=O) groups excluding carboxylic acids is 1. The van der Waals surface area contributed by atoms with E-state index in [0.717, 1.165) is 17.4 Å². The first-order chi connectivity index (χ1) is 16.5. The summed E-state index contributed by atoms with van der Waals surface area (Å²) in [5.74, 6) is 0.171. The van der Waals surface area contributed by atoms with Crippen LogP contribution in [0.25, 0.3) is 16.7 Å². The molecule has 5 rings (SSSR count). The van der Waals surface area contributed by atoms with E-state index in [2.05, 4.69) is 0 Å². The van der Waals surface area contributed by atoms with Crippen molar-refractivity contribution in [1.82, 2.24) is 14.1 Å². The van der Waals surface area contributed by atoms with Crippen molar-refractivity contribution < 1.29 is 14.3 Å². The number of hydrogen-bond acceptors (Lipinski definition) is 6. The zero-order valence-corrected chi connectivity index (χ0v) is 18.9. The van der Waals surface area contributed by atoms with E-state index in [9.17, 15) is 14.4 Å². The molecule has 0 spiro atoms. The van der Waals surface area contributed by atoms with Gasteiger partial charge in [0, 0.05) is 11.6 Å². The van der Waals surface area contributed by atoms with Crippen molar-refractivity contribution in [2.45, 2.75) is 25.3 Å². The van der Waals surface area contributed by atoms with Crippen LogP contribution in [0.4, 0.5) is 0 Å². The minimum absolute atomic E-state index is 0.00261. The first-order valence-corrected chi connectivity index (χ1v) is 11.0. The fraction of sp³-hybridized carbons (Fsp3) is 0.231. The van der Waals surface area contributed by atoms with Crippen molar-refractivity contribution in [3.05, 3.63) is 98.3 Å². The van der Waals surface area contributed by atoms with Gasteiger partial charge in [-0.05, 0) is 48.7 Å². The summed E-state index contributed by atoms with van der Waals surface area (Å²) < 4.78 is 12.8. The molecule has 2 aromatic heterocycles. The second-order valence-corrected chi connectivity index (χ2v) is 8.26. The predicted molar refractivity (Wildman–Crippen MR) is 127 cm³/mol. The van der Waals surface area contributed by atoms with Gasteiger partial charge in [0.1, 0.15) is 5.75 Å². The fourth-order valence-corrected chi connectivity index (χ4v) is 4.12. The van der Waals surface area contributed by atoms with Crippen molar-refractivity contribution >= 4 is 17.0 Å². The van der Waals surface area contributed by atoms with Crippen molar-refractivity contribution in [3.8, 4) is 11.4 Å².